The molecule has 0 atom stereocenters. The maximum absolute atomic E-state index is 12.3. The summed E-state index contributed by atoms with van der Waals surface area (Å²) in [5.74, 6) is 0.00340. The fraction of sp³-hybridized carbons (Fsp3) is 0.529. The number of rotatable bonds is 2. The Hall–Kier alpha value is -1.88. The average molecular weight is 300 g/mol. The molecule has 1 saturated carbocycles. The van der Waals surface area contributed by atoms with Crippen molar-refractivity contribution in [1.29, 1.82) is 0 Å². The molecule has 4 rings (SSSR count). The minimum Gasteiger partial charge on any atom is -0.381 e. The third-order valence-corrected chi connectivity index (χ3v) is 5.14. The Morgan fingerprint density at radius 1 is 1.27 bits per heavy atom. The maximum atomic E-state index is 12.3. The molecular formula is C17H20N2O3. The minimum absolute atomic E-state index is 0.00776. The van der Waals surface area contributed by atoms with E-state index in [2.05, 4.69) is 10.6 Å². The first-order chi connectivity index (χ1) is 10.7. The number of benzene rings is 1. The summed E-state index contributed by atoms with van der Waals surface area (Å²) < 4.78 is 5.29. The lowest BCUT2D eigenvalue weighted by Crippen LogP contribution is -2.39. The van der Waals surface area contributed by atoms with Gasteiger partial charge in [-0.1, -0.05) is 6.07 Å². The van der Waals surface area contributed by atoms with Gasteiger partial charge in [-0.3, -0.25) is 9.59 Å². The molecule has 2 amide bonds. The highest BCUT2D eigenvalue weighted by atomic mass is 16.5. The predicted molar refractivity (Wildman–Crippen MR) is 81.9 cm³/mol. The first kappa shape index (κ1) is 13.8. The van der Waals surface area contributed by atoms with Crippen LogP contribution in [0.1, 0.15) is 41.6 Å². The van der Waals surface area contributed by atoms with Crippen LogP contribution in [0.3, 0.4) is 0 Å². The fourth-order valence-electron chi connectivity index (χ4n) is 3.51. The Labute approximate surface area is 129 Å². The molecule has 2 fully saturated rings. The number of hydrogen-bond acceptors (Lipinski definition) is 3. The van der Waals surface area contributed by atoms with Crippen molar-refractivity contribution >= 4 is 17.5 Å². The van der Waals surface area contributed by atoms with Crippen LogP contribution in [0.2, 0.25) is 0 Å². The van der Waals surface area contributed by atoms with Gasteiger partial charge in [-0.15, -0.1) is 0 Å². The second-order valence-corrected chi connectivity index (χ2v) is 6.60. The number of fused-ring (bicyclic) bond motifs is 2. The Balaban J connectivity index is 1.55. The summed E-state index contributed by atoms with van der Waals surface area (Å²) in [6, 6.07) is 5.76. The molecule has 0 bridgehead atoms. The SMILES string of the molecule is O=C1NCC2(CC2)c2ccc(NC(=O)C3CCOCC3)cc21. The third kappa shape index (κ3) is 2.29. The van der Waals surface area contributed by atoms with Crippen LogP contribution < -0.4 is 10.6 Å². The van der Waals surface area contributed by atoms with Crippen molar-refractivity contribution in [3.05, 3.63) is 29.3 Å². The van der Waals surface area contributed by atoms with Crippen LogP contribution in [0.4, 0.5) is 5.69 Å². The highest BCUT2D eigenvalue weighted by Gasteiger charge is 2.48. The molecule has 1 aromatic rings. The van der Waals surface area contributed by atoms with Crippen molar-refractivity contribution in [3.63, 3.8) is 0 Å². The van der Waals surface area contributed by atoms with Gasteiger partial charge in [0.05, 0.1) is 0 Å². The van der Waals surface area contributed by atoms with E-state index in [9.17, 15) is 9.59 Å². The highest BCUT2D eigenvalue weighted by molar-refractivity contribution is 6.00. The zero-order chi connectivity index (χ0) is 15.2. The van der Waals surface area contributed by atoms with E-state index in [-0.39, 0.29) is 23.1 Å². The number of carbonyl (C=O) groups is 2. The molecule has 2 aliphatic heterocycles. The number of amides is 2. The zero-order valence-electron chi connectivity index (χ0n) is 12.5. The van der Waals surface area contributed by atoms with Gasteiger partial charge in [0.25, 0.3) is 5.91 Å². The number of nitrogens with one attached hydrogen (secondary N) is 2. The van der Waals surface area contributed by atoms with E-state index < -0.39 is 0 Å². The largest absolute Gasteiger partial charge is 0.381 e. The van der Waals surface area contributed by atoms with Crippen LogP contribution >= 0.6 is 0 Å². The van der Waals surface area contributed by atoms with Gasteiger partial charge in [0.1, 0.15) is 0 Å². The fourth-order valence-corrected chi connectivity index (χ4v) is 3.51. The lowest BCUT2D eigenvalue weighted by molar-refractivity contribution is -0.122. The molecule has 2 heterocycles. The predicted octanol–water partition coefficient (Wildman–Crippen LogP) is 1.83. The van der Waals surface area contributed by atoms with Crippen molar-refractivity contribution in [2.75, 3.05) is 25.1 Å². The summed E-state index contributed by atoms with van der Waals surface area (Å²) in [5, 5.41) is 5.92. The molecule has 5 nitrogen and oxygen atoms in total. The van der Waals surface area contributed by atoms with Gasteiger partial charge in [-0.25, -0.2) is 0 Å². The Kier molecular flexibility index (Phi) is 3.18. The summed E-state index contributed by atoms with van der Waals surface area (Å²) >= 11 is 0. The zero-order valence-corrected chi connectivity index (χ0v) is 12.5. The molecular weight excluding hydrogens is 280 g/mol. The molecule has 2 N–H and O–H groups in total. The van der Waals surface area contributed by atoms with Crippen LogP contribution in [-0.4, -0.2) is 31.6 Å². The average Bonchev–Trinajstić information content (AvgIpc) is 3.33. The van der Waals surface area contributed by atoms with Crippen molar-refractivity contribution < 1.29 is 14.3 Å². The van der Waals surface area contributed by atoms with Crippen molar-refractivity contribution in [3.8, 4) is 0 Å². The van der Waals surface area contributed by atoms with E-state index in [0.717, 1.165) is 37.8 Å². The molecule has 0 unspecified atom stereocenters. The molecule has 1 spiro atoms. The smallest absolute Gasteiger partial charge is 0.251 e. The van der Waals surface area contributed by atoms with Crippen LogP contribution in [0.5, 0.6) is 0 Å². The number of carbonyl (C=O) groups excluding carboxylic acids is 2. The summed E-state index contributed by atoms with van der Waals surface area (Å²) in [4.78, 5) is 24.4. The van der Waals surface area contributed by atoms with E-state index in [1.165, 1.54) is 0 Å². The van der Waals surface area contributed by atoms with Gasteiger partial charge in [0.2, 0.25) is 5.91 Å². The maximum Gasteiger partial charge on any atom is 0.251 e. The summed E-state index contributed by atoms with van der Waals surface area (Å²) in [6.07, 6.45) is 3.79. The monoisotopic (exact) mass is 300 g/mol. The van der Waals surface area contributed by atoms with Crippen LogP contribution in [0.25, 0.3) is 0 Å². The molecule has 1 aromatic carbocycles. The molecule has 5 heteroatoms. The summed E-state index contributed by atoms with van der Waals surface area (Å²) in [7, 11) is 0. The van der Waals surface area contributed by atoms with Crippen molar-refractivity contribution in [1.82, 2.24) is 5.32 Å². The molecule has 1 aliphatic carbocycles. The Morgan fingerprint density at radius 3 is 2.77 bits per heavy atom. The molecule has 0 aromatic heterocycles. The van der Waals surface area contributed by atoms with E-state index in [4.69, 9.17) is 4.74 Å². The second-order valence-electron chi connectivity index (χ2n) is 6.60. The van der Waals surface area contributed by atoms with Crippen molar-refractivity contribution in [2.24, 2.45) is 5.92 Å². The molecule has 116 valence electrons. The molecule has 1 saturated heterocycles. The normalized spacial score (nSPS) is 22.8. The van der Waals surface area contributed by atoms with E-state index in [0.29, 0.717) is 24.5 Å². The Morgan fingerprint density at radius 2 is 2.05 bits per heavy atom. The van der Waals surface area contributed by atoms with Gasteiger partial charge >= 0.3 is 0 Å². The van der Waals surface area contributed by atoms with Gasteiger partial charge < -0.3 is 15.4 Å². The lowest BCUT2D eigenvalue weighted by atomic mass is 9.87. The van der Waals surface area contributed by atoms with Crippen molar-refractivity contribution in [2.45, 2.75) is 31.1 Å². The van der Waals surface area contributed by atoms with E-state index in [1.54, 1.807) is 0 Å². The first-order valence-electron chi connectivity index (χ1n) is 7.99. The summed E-state index contributed by atoms with van der Waals surface area (Å²) in [6.45, 7) is 2.03. The first-order valence-corrected chi connectivity index (χ1v) is 7.99. The Bertz CT molecular complexity index is 631. The number of anilines is 1. The van der Waals surface area contributed by atoms with Gasteiger partial charge in [-0.2, -0.15) is 0 Å². The van der Waals surface area contributed by atoms with Crippen LogP contribution in [-0.2, 0) is 14.9 Å². The highest BCUT2D eigenvalue weighted by Crippen LogP contribution is 2.50. The molecule has 3 aliphatic rings. The van der Waals surface area contributed by atoms with Gasteiger partial charge in [-0.05, 0) is 43.4 Å². The van der Waals surface area contributed by atoms with Gasteiger partial charge in [0.15, 0.2) is 0 Å². The molecule has 22 heavy (non-hydrogen) atoms. The van der Waals surface area contributed by atoms with Crippen LogP contribution in [0.15, 0.2) is 18.2 Å². The van der Waals surface area contributed by atoms with Crippen LogP contribution in [0, 0.1) is 5.92 Å². The third-order valence-electron chi connectivity index (χ3n) is 5.14. The number of ether oxygens (including phenoxy) is 1. The molecule has 0 radical (unpaired) electrons. The topological polar surface area (TPSA) is 67.4 Å². The summed E-state index contributed by atoms with van der Waals surface area (Å²) in [5.41, 5.74) is 2.73. The van der Waals surface area contributed by atoms with Gasteiger partial charge in [0, 0.05) is 42.3 Å². The van der Waals surface area contributed by atoms with E-state index >= 15 is 0 Å². The number of hydrogen-bond donors (Lipinski definition) is 2. The standard InChI is InChI=1S/C17H20N2O3/c20-15(11-3-7-22-8-4-11)19-12-1-2-14-13(9-12)16(21)18-10-17(14)5-6-17/h1-2,9,11H,3-8,10H2,(H,18,21)(H,19,20). The lowest BCUT2D eigenvalue weighted by Gasteiger charge is -2.26. The minimum atomic E-state index is -0.0327. The second kappa shape index (κ2) is 5.09. The van der Waals surface area contributed by atoms with E-state index in [1.807, 2.05) is 18.2 Å². The quantitative estimate of drug-likeness (QED) is 0.875.